The number of nitrogens with zero attached hydrogens (tertiary/aromatic N) is 1. The maximum Gasteiger partial charge on any atom is 0.218 e. The summed E-state index contributed by atoms with van der Waals surface area (Å²) in [6, 6.07) is 3.19. The van der Waals surface area contributed by atoms with Gasteiger partial charge in [-0.15, -0.1) is 0 Å². The van der Waals surface area contributed by atoms with Gasteiger partial charge in [0.15, 0.2) is 0 Å². The minimum atomic E-state index is -1.23. The van der Waals surface area contributed by atoms with E-state index in [4.69, 9.17) is 9.84 Å². The van der Waals surface area contributed by atoms with Crippen LogP contribution in [0.15, 0.2) is 18.3 Å². The van der Waals surface area contributed by atoms with Gasteiger partial charge < -0.3 is 20.1 Å². The molecule has 5 nitrogen and oxygen atoms in total. The zero-order chi connectivity index (χ0) is 10.6. The number of methoxy groups -OCH3 is 1. The van der Waals surface area contributed by atoms with Gasteiger partial charge >= 0.3 is 0 Å². The lowest BCUT2D eigenvalue weighted by molar-refractivity contribution is -0.0164. The van der Waals surface area contributed by atoms with Crippen LogP contribution in [0.4, 0.5) is 0 Å². The van der Waals surface area contributed by atoms with E-state index < -0.39 is 18.8 Å². The highest BCUT2D eigenvalue weighted by Crippen LogP contribution is 2.24. The standard InChI is InChI=1S/C9H13NO4/c1-14-9-6(3-2-4-10-9)8(13)7(12)5-11/h2-4,7-8,11-13H,5H2,1H3. The molecule has 1 heterocycles. The quantitative estimate of drug-likeness (QED) is 0.607. The van der Waals surface area contributed by atoms with E-state index in [1.807, 2.05) is 0 Å². The predicted octanol–water partition coefficient (Wildman–Crippen LogP) is -0.523. The highest BCUT2D eigenvalue weighted by molar-refractivity contribution is 5.28. The lowest BCUT2D eigenvalue weighted by Crippen LogP contribution is -2.22. The Kier molecular flexibility index (Phi) is 3.82. The van der Waals surface area contributed by atoms with E-state index in [1.54, 1.807) is 12.1 Å². The van der Waals surface area contributed by atoms with E-state index in [2.05, 4.69) is 4.98 Å². The molecule has 0 radical (unpaired) electrons. The Morgan fingerprint density at radius 2 is 2.21 bits per heavy atom. The molecule has 0 saturated heterocycles. The topological polar surface area (TPSA) is 82.8 Å². The van der Waals surface area contributed by atoms with Crippen molar-refractivity contribution in [3.8, 4) is 5.88 Å². The van der Waals surface area contributed by atoms with Crippen LogP contribution in [-0.2, 0) is 0 Å². The van der Waals surface area contributed by atoms with E-state index in [1.165, 1.54) is 13.3 Å². The summed E-state index contributed by atoms with van der Waals surface area (Å²) >= 11 is 0. The molecule has 5 heteroatoms. The van der Waals surface area contributed by atoms with Gasteiger partial charge in [0.05, 0.1) is 13.7 Å². The number of hydrogen-bond acceptors (Lipinski definition) is 5. The molecule has 1 rings (SSSR count). The first kappa shape index (κ1) is 10.9. The van der Waals surface area contributed by atoms with E-state index in [0.717, 1.165) is 0 Å². The van der Waals surface area contributed by atoms with Crippen LogP contribution in [0, 0.1) is 0 Å². The van der Waals surface area contributed by atoms with E-state index in [9.17, 15) is 10.2 Å². The third kappa shape index (κ3) is 2.20. The molecule has 2 atom stereocenters. The van der Waals surface area contributed by atoms with Crippen LogP contribution >= 0.6 is 0 Å². The van der Waals surface area contributed by atoms with Gasteiger partial charge in [0.25, 0.3) is 0 Å². The molecule has 2 unspecified atom stereocenters. The number of pyridine rings is 1. The van der Waals surface area contributed by atoms with Gasteiger partial charge in [-0.2, -0.15) is 0 Å². The van der Waals surface area contributed by atoms with Crippen molar-refractivity contribution in [3.05, 3.63) is 23.9 Å². The van der Waals surface area contributed by atoms with Gasteiger partial charge in [-0.05, 0) is 12.1 Å². The molecule has 0 aliphatic carbocycles. The van der Waals surface area contributed by atoms with Gasteiger partial charge in [0, 0.05) is 11.8 Å². The molecule has 0 amide bonds. The Hall–Kier alpha value is -1.17. The summed E-state index contributed by atoms with van der Waals surface area (Å²) < 4.78 is 4.90. The molecule has 1 aromatic rings. The Labute approximate surface area is 81.6 Å². The molecule has 78 valence electrons. The van der Waals surface area contributed by atoms with Crippen LogP contribution in [0.5, 0.6) is 5.88 Å². The molecule has 0 fully saturated rings. The molecule has 0 aromatic carbocycles. The first-order valence-corrected chi connectivity index (χ1v) is 4.16. The van der Waals surface area contributed by atoms with Gasteiger partial charge in [-0.1, -0.05) is 0 Å². The fraction of sp³-hybridized carbons (Fsp3) is 0.444. The largest absolute Gasteiger partial charge is 0.481 e. The molecule has 0 saturated carbocycles. The van der Waals surface area contributed by atoms with Crippen molar-refractivity contribution in [1.82, 2.24) is 4.98 Å². The summed E-state index contributed by atoms with van der Waals surface area (Å²) in [4.78, 5) is 3.86. The lowest BCUT2D eigenvalue weighted by atomic mass is 10.1. The number of aromatic nitrogens is 1. The molecule has 3 N–H and O–H groups in total. The number of aliphatic hydroxyl groups is 3. The number of ether oxygens (including phenoxy) is 1. The minimum Gasteiger partial charge on any atom is -0.481 e. The molecular formula is C9H13NO4. The third-order valence-electron chi connectivity index (χ3n) is 1.86. The second-order valence-corrected chi connectivity index (χ2v) is 2.80. The Bertz CT molecular complexity index is 292. The zero-order valence-electron chi connectivity index (χ0n) is 7.79. The minimum absolute atomic E-state index is 0.243. The molecule has 0 aliphatic heterocycles. The van der Waals surface area contributed by atoms with Crippen molar-refractivity contribution in [2.45, 2.75) is 12.2 Å². The van der Waals surface area contributed by atoms with Crippen molar-refractivity contribution in [2.24, 2.45) is 0 Å². The maximum atomic E-state index is 9.57. The monoisotopic (exact) mass is 199 g/mol. The van der Waals surface area contributed by atoms with E-state index >= 15 is 0 Å². The molecule has 0 aliphatic rings. The van der Waals surface area contributed by atoms with Crippen LogP contribution < -0.4 is 4.74 Å². The fourth-order valence-electron chi connectivity index (χ4n) is 1.11. The highest BCUT2D eigenvalue weighted by Gasteiger charge is 2.21. The average Bonchev–Trinajstić information content (AvgIpc) is 2.26. The van der Waals surface area contributed by atoms with Crippen molar-refractivity contribution in [1.29, 1.82) is 0 Å². The second-order valence-electron chi connectivity index (χ2n) is 2.80. The highest BCUT2D eigenvalue weighted by atomic mass is 16.5. The fourth-order valence-corrected chi connectivity index (χ4v) is 1.11. The van der Waals surface area contributed by atoms with Crippen LogP contribution in [0.25, 0.3) is 0 Å². The lowest BCUT2D eigenvalue weighted by Gasteiger charge is -2.17. The zero-order valence-corrected chi connectivity index (χ0v) is 7.79. The van der Waals surface area contributed by atoms with Crippen LogP contribution in [-0.4, -0.2) is 40.1 Å². The van der Waals surface area contributed by atoms with E-state index in [-0.39, 0.29) is 5.88 Å². The third-order valence-corrected chi connectivity index (χ3v) is 1.86. The molecule has 0 bridgehead atoms. The summed E-state index contributed by atoms with van der Waals surface area (Å²) in [5.74, 6) is 0.243. The van der Waals surface area contributed by atoms with Crippen LogP contribution in [0.3, 0.4) is 0 Å². The molecule has 14 heavy (non-hydrogen) atoms. The summed E-state index contributed by atoms with van der Waals surface area (Å²) in [5.41, 5.74) is 0.358. The van der Waals surface area contributed by atoms with Gasteiger partial charge in [0.1, 0.15) is 12.2 Å². The number of hydrogen-bond donors (Lipinski definition) is 3. The number of rotatable bonds is 4. The molecule has 1 aromatic heterocycles. The van der Waals surface area contributed by atoms with Gasteiger partial charge in [-0.25, -0.2) is 4.98 Å². The Morgan fingerprint density at radius 3 is 2.79 bits per heavy atom. The maximum absolute atomic E-state index is 9.57. The van der Waals surface area contributed by atoms with Crippen LogP contribution in [0.2, 0.25) is 0 Å². The van der Waals surface area contributed by atoms with Gasteiger partial charge in [0.2, 0.25) is 5.88 Å². The SMILES string of the molecule is COc1ncccc1C(O)C(O)CO. The summed E-state index contributed by atoms with van der Waals surface area (Å²) in [7, 11) is 1.42. The summed E-state index contributed by atoms with van der Waals surface area (Å²) in [5, 5.41) is 27.4. The predicted molar refractivity (Wildman–Crippen MR) is 48.8 cm³/mol. The summed E-state index contributed by atoms with van der Waals surface area (Å²) in [6.07, 6.45) is -0.905. The van der Waals surface area contributed by atoms with E-state index in [0.29, 0.717) is 5.56 Å². The molecular weight excluding hydrogens is 186 g/mol. The first-order valence-electron chi connectivity index (χ1n) is 4.16. The van der Waals surface area contributed by atoms with Crippen molar-refractivity contribution in [2.75, 3.05) is 13.7 Å². The molecule has 0 spiro atoms. The normalized spacial score (nSPS) is 14.9. The van der Waals surface area contributed by atoms with Crippen LogP contribution in [0.1, 0.15) is 11.7 Å². The Balaban J connectivity index is 2.93. The average molecular weight is 199 g/mol. The second kappa shape index (κ2) is 4.90. The smallest absolute Gasteiger partial charge is 0.218 e. The van der Waals surface area contributed by atoms with Gasteiger partial charge in [-0.3, -0.25) is 0 Å². The van der Waals surface area contributed by atoms with Crippen molar-refractivity contribution < 1.29 is 20.1 Å². The number of aliphatic hydroxyl groups excluding tert-OH is 3. The van der Waals surface area contributed by atoms with Crippen molar-refractivity contribution in [3.63, 3.8) is 0 Å². The summed E-state index contributed by atoms with van der Waals surface area (Å²) in [6.45, 7) is -0.515. The van der Waals surface area contributed by atoms with Crippen molar-refractivity contribution >= 4 is 0 Å². The first-order chi connectivity index (χ1) is 6.70. The Morgan fingerprint density at radius 1 is 1.50 bits per heavy atom.